The van der Waals surface area contributed by atoms with Crippen LogP contribution in [0.3, 0.4) is 0 Å². The van der Waals surface area contributed by atoms with E-state index in [1.807, 2.05) is 0 Å². The lowest BCUT2D eigenvalue weighted by molar-refractivity contribution is -0.0513. The summed E-state index contributed by atoms with van der Waals surface area (Å²) in [5.74, 6) is -1.90. The van der Waals surface area contributed by atoms with Gasteiger partial charge in [0.1, 0.15) is 5.82 Å². The van der Waals surface area contributed by atoms with E-state index in [1.165, 1.54) is 0 Å². The monoisotopic (exact) mass is 256 g/mol. The second kappa shape index (κ2) is 3.87. The molecule has 0 aliphatic rings. The highest BCUT2D eigenvalue weighted by Crippen LogP contribution is 2.36. The van der Waals surface area contributed by atoms with Gasteiger partial charge in [-0.15, -0.1) is 0 Å². The number of ether oxygens (including phenoxy) is 1. The number of phenolic OH excluding ortho intramolecular Hbond substituents is 1. The quantitative estimate of drug-likeness (QED) is 0.882. The maximum atomic E-state index is 12.6. The second-order valence-electron chi connectivity index (χ2n) is 2.09. The number of hydrogen-bond acceptors (Lipinski definition) is 2. The number of rotatable bonds is 2. The van der Waals surface area contributed by atoms with E-state index in [4.69, 9.17) is 5.11 Å². The van der Waals surface area contributed by atoms with E-state index in [0.29, 0.717) is 0 Å². The lowest BCUT2D eigenvalue weighted by Crippen LogP contribution is -2.02. The number of benzene rings is 1. The Bertz CT molecular complexity index is 317. The molecule has 1 N–H and O–H groups in total. The second-order valence-corrected chi connectivity index (χ2v) is 2.88. The molecule has 1 aromatic carbocycles. The Hall–Kier alpha value is -0.910. The molecule has 72 valence electrons. The van der Waals surface area contributed by atoms with Gasteiger partial charge in [0.25, 0.3) is 0 Å². The summed E-state index contributed by atoms with van der Waals surface area (Å²) in [7, 11) is 0. The van der Waals surface area contributed by atoms with Crippen LogP contribution in [-0.4, -0.2) is 11.7 Å². The molecule has 6 heteroatoms. The molecule has 13 heavy (non-hydrogen) atoms. The maximum absolute atomic E-state index is 12.6. The van der Waals surface area contributed by atoms with Crippen molar-refractivity contribution in [3.63, 3.8) is 0 Å². The molecule has 0 saturated heterocycles. The van der Waals surface area contributed by atoms with E-state index in [-0.39, 0.29) is 4.47 Å². The zero-order valence-corrected chi connectivity index (χ0v) is 7.69. The third-order valence-corrected chi connectivity index (χ3v) is 2.00. The Morgan fingerprint density at radius 3 is 2.54 bits per heavy atom. The van der Waals surface area contributed by atoms with Crippen molar-refractivity contribution in [3.8, 4) is 11.5 Å². The largest absolute Gasteiger partial charge is 0.503 e. The molecule has 0 bridgehead atoms. The summed E-state index contributed by atoms with van der Waals surface area (Å²) in [6.45, 7) is -3.05. The van der Waals surface area contributed by atoms with Crippen LogP contribution in [0.5, 0.6) is 11.5 Å². The molecule has 1 aromatic rings. The summed E-state index contributed by atoms with van der Waals surface area (Å²) in [4.78, 5) is 0. The third-order valence-electron chi connectivity index (χ3n) is 1.25. The van der Waals surface area contributed by atoms with Gasteiger partial charge in [-0.25, -0.2) is 4.39 Å². The third kappa shape index (κ3) is 2.27. The van der Waals surface area contributed by atoms with Crippen molar-refractivity contribution < 1.29 is 23.0 Å². The van der Waals surface area contributed by atoms with Gasteiger partial charge in [-0.3, -0.25) is 0 Å². The molecule has 0 fully saturated rings. The van der Waals surface area contributed by atoms with Crippen molar-refractivity contribution in [1.29, 1.82) is 0 Å². The fourth-order valence-corrected chi connectivity index (χ4v) is 1.04. The molecule has 2 nitrogen and oxygen atoms in total. The molecular formula is C7H4BrF3O2. The molecule has 0 unspecified atom stereocenters. The van der Waals surface area contributed by atoms with Crippen LogP contribution >= 0.6 is 15.9 Å². The minimum absolute atomic E-state index is 0.300. The summed E-state index contributed by atoms with van der Waals surface area (Å²) in [5.41, 5.74) is 0. The number of phenols is 1. The molecule has 0 heterocycles. The Morgan fingerprint density at radius 2 is 2.00 bits per heavy atom. The SMILES string of the molecule is Oc1c(OC(F)F)ccc(F)c1Br. The summed E-state index contributed by atoms with van der Waals surface area (Å²) < 4.78 is 39.6. The van der Waals surface area contributed by atoms with E-state index in [0.717, 1.165) is 12.1 Å². The molecule has 1 rings (SSSR count). The van der Waals surface area contributed by atoms with E-state index in [9.17, 15) is 13.2 Å². The Kier molecular flexibility index (Phi) is 3.02. The first kappa shape index (κ1) is 10.2. The highest BCUT2D eigenvalue weighted by atomic mass is 79.9. The lowest BCUT2D eigenvalue weighted by Gasteiger charge is -2.07. The molecule has 0 radical (unpaired) electrons. The van der Waals surface area contributed by atoms with E-state index in [1.54, 1.807) is 0 Å². The Labute approximate surface area is 80.1 Å². The maximum Gasteiger partial charge on any atom is 0.387 e. The molecule has 0 saturated carbocycles. The molecule has 0 aliphatic carbocycles. The van der Waals surface area contributed by atoms with Crippen molar-refractivity contribution in [2.45, 2.75) is 6.61 Å². The van der Waals surface area contributed by atoms with Crippen LogP contribution in [0.15, 0.2) is 16.6 Å². The number of aromatic hydroxyl groups is 1. The summed E-state index contributed by atoms with van der Waals surface area (Å²) in [6.07, 6.45) is 0. The predicted octanol–water partition coefficient (Wildman–Crippen LogP) is 2.90. The standard InChI is InChI=1S/C7H4BrF3O2/c8-5-3(9)1-2-4(6(5)12)13-7(10)11/h1-2,7,12H. The molecular weight excluding hydrogens is 253 g/mol. The van der Waals surface area contributed by atoms with E-state index in [2.05, 4.69) is 20.7 Å². The van der Waals surface area contributed by atoms with E-state index < -0.39 is 23.9 Å². The molecule has 0 amide bonds. The first-order valence-electron chi connectivity index (χ1n) is 3.14. The normalized spacial score (nSPS) is 10.5. The Balaban J connectivity index is 3.04. The van der Waals surface area contributed by atoms with E-state index >= 15 is 0 Å². The summed E-state index contributed by atoms with van der Waals surface area (Å²) in [6, 6.07) is 1.82. The van der Waals surface area contributed by atoms with Crippen molar-refractivity contribution in [1.82, 2.24) is 0 Å². The van der Waals surface area contributed by atoms with Gasteiger partial charge in [-0.05, 0) is 28.1 Å². The van der Waals surface area contributed by atoms with Crippen LogP contribution in [0.25, 0.3) is 0 Å². The minimum Gasteiger partial charge on any atom is -0.503 e. The van der Waals surface area contributed by atoms with Gasteiger partial charge >= 0.3 is 6.61 Å². The zero-order chi connectivity index (χ0) is 10.0. The summed E-state index contributed by atoms with van der Waals surface area (Å²) in [5, 5.41) is 9.08. The van der Waals surface area contributed by atoms with Crippen LogP contribution < -0.4 is 4.74 Å². The van der Waals surface area contributed by atoms with Gasteiger partial charge < -0.3 is 9.84 Å². The number of alkyl halides is 2. The van der Waals surface area contributed by atoms with Gasteiger partial charge in [0.05, 0.1) is 4.47 Å². The average Bonchev–Trinajstić information content (AvgIpc) is 2.06. The van der Waals surface area contributed by atoms with Crippen LogP contribution in [0.1, 0.15) is 0 Å². The molecule has 0 spiro atoms. The summed E-state index contributed by atoms with van der Waals surface area (Å²) >= 11 is 2.67. The number of hydrogen-bond donors (Lipinski definition) is 1. The smallest absolute Gasteiger partial charge is 0.387 e. The first-order chi connectivity index (χ1) is 6.02. The van der Waals surface area contributed by atoms with Crippen molar-refractivity contribution in [3.05, 3.63) is 22.4 Å². The van der Waals surface area contributed by atoms with Crippen LogP contribution in [-0.2, 0) is 0 Å². The topological polar surface area (TPSA) is 29.5 Å². The predicted molar refractivity (Wildman–Crippen MR) is 42.4 cm³/mol. The van der Waals surface area contributed by atoms with Crippen molar-refractivity contribution in [2.24, 2.45) is 0 Å². The van der Waals surface area contributed by atoms with Crippen LogP contribution in [0.2, 0.25) is 0 Å². The average molecular weight is 257 g/mol. The highest BCUT2D eigenvalue weighted by molar-refractivity contribution is 9.10. The van der Waals surface area contributed by atoms with Gasteiger partial charge in [0.2, 0.25) is 0 Å². The van der Waals surface area contributed by atoms with Crippen LogP contribution in [0.4, 0.5) is 13.2 Å². The first-order valence-corrected chi connectivity index (χ1v) is 3.93. The van der Waals surface area contributed by atoms with Crippen molar-refractivity contribution >= 4 is 15.9 Å². The van der Waals surface area contributed by atoms with Gasteiger partial charge in [0.15, 0.2) is 11.5 Å². The fourth-order valence-electron chi connectivity index (χ4n) is 0.713. The molecule has 0 aliphatic heterocycles. The zero-order valence-electron chi connectivity index (χ0n) is 6.10. The highest BCUT2D eigenvalue weighted by Gasteiger charge is 2.14. The van der Waals surface area contributed by atoms with Crippen LogP contribution in [0, 0.1) is 5.82 Å². The molecule has 0 aromatic heterocycles. The van der Waals surface area contributed by atoms with Gasteiger partial charge in [0, 0.05) is 0 Å². The minimum atomic E-state index is -3.05. The number of halogens is 4. The lowest BCUT2D eigenvalue weighted by atomic mass is 10.3. The van der Waals surface area contributed by atoms with Crippen molar-refractivity contribution in [2.75, 3.05) is 0 Å². The fraction of sp³-hybridized carbons (Fsp3) is 0.143. The van der Waals surface area contributed by atoms with Gasteiger partial charge in [-0.2, -0.15) is 8.78 Å². The Morgan fingerprint density at radius 1 is 1.38 bits per heavy atom. The molecule has 0 atom stereocenters. The van der Waals surface area contributed by atoms with Gasteiger partial charge in [-0.1, -0.05) is 0 Å².